The molecule has 1 aromatic carbocycles. The van der Waals surface area contributed by atoms with Crippen LogP contribution in [0.5, 0.6) is 5.75 Å². The summed E-state index contributed by atoms with van der Waals surface area (Å²) in [5, 5.41) is 0.238. The number of likely N-dealkylation sites (tertiary alicyclic amines) is 1. The van der Waals surface area contributed by atoms with Gasteiger partial charge in [-0.05, 0) is 18.8 Å². The van der Waals surface area contributed by atoms with Crippen molar-refractivity contribution in [1.29, 1.82) is 0 Å². The van der Waals surface area contributed by atoms with Crippen molar-refractivity contribution in [2.75, 3.05) is 19.7 Å². The summed E-state index contributed by atoms with van der Waals surface area (Å²) in [6, 6.07) is 0. The van der Waals surface area contributed by atoms with E-state index in [1.54, 1.807) is 4.90 Å². The fraction of sp³-hybridized carbons (Fsp3) is 0.500. The highest BCUT2D eigenvalue weighted by Crippen LogP contribution is 2.48. The molecule has 1 saturated heterocycles. The number of piperidine rings is 1. The lowest BCUT2D eigenvalue weighted by Crippen LogP contribution is -2.41. The summed E-state index contributed by atoms with van der Waals surface area (Å²) >= 11 is 29.9. The number of amides is 1. The van der Waals surface area contributed by atoms with E-state index in [2.05, 4.69) is 6.92 Å². The SMILES string of the molecule is CC1CCCN(C(=O)COc2c(Cl)c(Cl)c(Cl)c(Cl)c2Cl)C1. The lowest BCUT2D eigenvalue weighted by molar-refractivity contribution is -0.135. The van der Waals surface area contributed by atoms with Gasteiger partial charge in [-0.2, -0.15) is 0 Å². The minimum Gasteiger partial charge on any atom is -0.481 e. The molecule has 1 atom stereocenters. The maximum Gasteiger partial charge on any atom is 0.260 e. The second-order valence-corrected chi connectivity index (χ2v) is 7.16. The Labute approximate surface area is 154 Å². The number of ether oxygens (including phenoxy) is 1. The van der Waals surface area contributed by atoms with Crippen LogP contribution in [0.4, 0.5) is 0 Å². The van der Waals surface area contributed by atoms with Crippen molar-refractivity contribution in [2.45, 2.75) is 19.8 Å². The molecule has 1 aliphatic heterocycles. The number of nitrogens with zero attached hydrogens (tertiary/aromatic N) is 1. The highest BCUT2D eigenvalue weighted by Gasteiger charge is 2.24. The van der Waals surface area contributed by atoms with Crippen LogP contribution in [0.1, 0.15) is 19.8 Å². The number of hydrogen-bond donors (Lipinski definition) is 0. The first kappa shape index (κ1) is 18.3. The van der Waals surface area contributed by atoms with Gasteiger partial charge < -0.3 is 9.64 Å². The van der Waals surface area contributed by atoms with Gasteiger partial charge in [0, 0.05) is 13.1 Å². The third-order valence-corrected chi connectivity index (χ3v) is 5.76. The molecule has 1 amide bonds. The molecule has 8 heteroatoms. The summed E-state index contributed by atoms with van der Waals surface area (Å²) < 4.78 is 5.45. The van der Waals surface area contributed by atoms with Crippen LogP contribution in [0.15, 0.2) is 0 Å². The largest absolute Gasteiger partial charge is 0.481 e. The van der Waals surface area contributed by atoms with Gasteiger partial charge in [0.1, 0.15) is 10.0 Å². The molecule has 0 N–H and O–H groups in total. The van der Waals surface area contributed by atoms with Gasteiger partial charge >= 0.3 is 0 Å². The number of hydrogen-bond acceptors (Lipinski definition) is 2. The van der Waals surface area contributed by atoms with E-state index in [0.717, 1.165) is 25.9 Å². The van der Waals surface area contributed by atoms with Crippen LogP contribution in [0.2, 0.25) is 25.1 Å². The van der Waals surface area contributed by atoms with Crippen LogP contribution in [-0.2, 0) is 4.79 Å². The fourth-order valence-electron chi connectivity index (χ4n) is 2.35. The van der Waals surface area contributed by atoms with E-state index >= 15 is 0 Å². The molecule has 1 aromatic rings. The maximum absolute atomic E-state index is 12.2. The molecule has 0 bridgehead atoms. The fourth-order valence-corrected chi connectivity index (χ4v) is 3.58. The first-order valence-electron chi connectivity index (χ1n) is 6.75. The van der Waals surface area contributed by atoms with Crippen molar-refractivity contribution in [2.24, 2.45) is 5.92 Å². The number of carbonyl (C=O) groups is 1. The van der Waals surface area contributed by atoms with Gasteiger partial charge in [-0.15, -0.1) is 0 Å². The van der Waals surface area contributed by atoms with E-state index in [4.69, 9.17) is 62.7 Å². The summed E-state index contributed by atoms with van der Waals surface area (Å²) in [7, 11) is 0. The highest BCUT2D eigenvalue weighted by molar-refractivity contribution is 6.55. The van der Waals surface area contributed by atoms with Gasteiger partial charge in [0.05, 0.1) is 15.1 Å². The molecular weight excluding hydrogens is 391 g/mol. The Balaban J connectivity index is 2.10. The monoisotopic (exact) mass is 403 g/mol. The normalized spacial score (nSPS) is 18.5. The van der Waals surface area contributed by atoms with E-state index in [1.807, 2.05) is 0 Å². The minimum absolute atomic E-state index is 0.0425. The molecule has 0 spiro atoms. The number of carbonyl (C=O) groups excluding carboxylic acids is 1. The van der Waals surface area contributed by atoms with Crippen LogP contribution in [0.3, 0.4) is 0 Å². The average Bonchev–Trinajstić information content (AvgIpc) is 2.50. The van der Waals surface area contributed by atoms with Gasteiger partial charge in [-0.3, -0.25) is 4.79 Å². The second kappa shape index (κ2) is 7.67. The van der Waals surface area contributed by atoms with Gasteiger partial charge in [-0.1, -0.05) is 64.9 Å². The van der Waals surface area contributed by atoms with Crippen LogP contribution >= 0.6 is 58.0 Å². The maximum atomic E-state index is 12.2. The summed E-state index contributed by atoms with van der Waals surface area (Å²) in [5.41, 5.74) is 0. The molecule has 22 heavy (non-hydrogen) atoms. The molecule has 0 aliphatic carbocycles. The highest BCUT2D eigenvalue weighted by atomic mass is 35.5. The van der Waals surface area contributed by atoms with Crippen molar-refractivity contribution >= 4 is 63.9 Å². The molecule has 3 nitrogen and oxygen atoms in total. The van der Waals surface area contributed by atoms with E-state index < -0.39 is 0 Å². The summed E-state index contributed by atoms with van der Waals surface area (Å²) in [6.07, 6.45) is 2.12. The number of rotatable bonds is 3. The van der Waals surface area contributed by atoms with Crippen LogP contribution in [0, 0.1) is 5.92 Å². The number of halogens is 5. The molecule has 1 aliphatic rings. The Hall–Kier alpha value is -0.0600. The molecule has 1 heterocycles. The van der Waals surface area contributed by atoms with Crippen molar-refractivity contribution in [1.82, 2.24) is 4.90 Å². The summed E-state index contributed by atoms with van der Waals surface area (Å²) in [6.45, 7) is 3.40. The van der Waals surface area contributed by atoms with Crippen LogP contribution < -0.4 is 4.74 Å². The van der Waals surface area contributed by atoms with Crippen molar-refractivity contribution < 1.29 is 9.53 Å². The molecular formula is C14H14Cl5NO2. The quantitative estimate of drug-likeness (QED) is 0.484. The lowest BCUT2D eigenvalue weighted by atomic mass is 10.0. The predicted octanol–water partition coefficient (Wildman–Crippen LogP) is 5.59. The van der Waals surface area contributed by atoms with Crippen molar-refractivity contribution in [3.8, 4) is 5.75 Å². The molecule has 0 radical (unpaired) electrons. The Morgan fingerprint density at radius 1 is 1.09 bits per heavy atom. The molecule has 2 rings (SSSR count). The number of benzene rings is 1. The third kappa shape index (κ3) is 3.88. The average molecular weight is 406 g/mol. The van der Waals surface area contributed by atoms with Gasteiger partial charge in [-0.25, -0.2) is 0 Å². The van der Waals surface area contributed by atoms with Gasteiger partial charge in [0.2, 0.25) is 0 Å². The van der Waals surface area contributed by atoms with Crippen molar-refractivity contribution in [3.05, 3.63) is 25.1 Å². The summed E-state index contributed by atoms with van der Waals surface area (Å²) in [5.74, 6) is 0.436. The van der Waals surface area contributed by atoms with E-state index in [-0.39, 0.29) is 43.4 Å². The predicted molar refractivity (Wildman–Crippen MR) is 92.0 cm³/mol. The molecule has 0 saturated carbocycles. The zero-order valence-electron chi connectivity index (χ0n) is 11.8. The third-order valence-electron chi connectivity index (χ3n) is 3.52. The summed E-state index contributed by atoms with van der Waals surface area (Å²) in [4.78, 5) is 14.0. The molecule has 1 fully saturated rings. The second-order valence-electron chi connectivity index (χ2n) is 5.27. The Bertz CT molecular complexity index is 564. The van der Waals surface area contributed by atoms with E-state index in [9.17, 15) is 4.79 Å². The Morgan fingerprint density at radius 3 is 2.18 bits per heavy atom. The van der Waals surface area contributed by atoms with E-state index in [0.29, 0.717) is 5.92 Å². The first-order valence-corrected chi connectivity index (χ1v) is 8.64. The molecule has 1 unspecified atom stereocenters. The molecule has 122 valence electrons. The van der Waals surface area contributed by atoms with Crippen LogP contribution in [-0.4, -0.2) is 30.5 Å². The Morgan fingerprint density at radius 2 is 1.64 bits per heavy atom. The molecule has 0 aromatic heterocycles. The van der Waals surface area contributed by atoms with Gasteiger partial charge in [0.25, 0.3) is 5.91 Å². The van der Waals surface area contributed by atoms with Gasteiger partial charge in [0.15, 0.2) is 12.4 Å². The minimum atomic E-state index is -0.180. The van der Waals surface area contributed by atoms with Crippen molar-refractivity contribution in [3.63, 3.8) is 0 Å². The zero-order chi connectivity index (χ0) is 16.4. The Kier molecular flexibility index (Phi) is 6.38. The van der Waals surface area contributed by atoms with Crippen LogP contribution in [0.25, 0.3) is 0 Å². The lowest BCUT2D eigenvalue weighted by Gasteiger charge is -2.30. The van der Waals surface area contributed by atoms with E-state index in [1.165, 1.54) is 0 Å². The zero-order valence-corrected chi connectivity index (χ0v) is 15.5. The smallest absolute Gasteiger partial charge is 0.260 e. The first-order chi connectivity index (χ1) is 10.3. The standard InChI is InChI=1S/C14H14Cl5NO2/c1-7-3-2-4-20(5-7)8(21)6-22-14-12(18)10(16)9(15)11(17)13(14)19/h7H,2-6H2,1H3. The topological polar surface area (TPSA) is 29.5 Å².